The summed E-state index contributed by atoms with van der Waals surface area (Å²) in [5.41, 5.74) is 1.53. The van der Waals surface area contributed by atoms with Gasteiger partial charge in [0.25, 0.3) is 0 Å². The summed E-state index contributed by atoms with van der Waals surface area (Å²) in [7, 11) is 3.14. The molecule has 0 aliphatic carbocycles. The molecule has 20 heavy (non-hydrogen) atoms. The van der Waals surface area contributed by atoms with Crippen LogP contribution in [0, 0.1) is 0 Å². The molecule has 1 unspecified atom stereocenters. The van der Waals surface area contributed by atoms with Gasteiger partial charge < -0.3 is 9.47 Å². The summed E-state index contributed by atoms with van der Waals surface area (Å²) >= 11 is 0. The molecule has 2 aromatic rings. The highest BCUT2D eigenvalue weighted by atomic mass is 16.6. The highest BCUT2D eigenvalue weighted by Crippen LogP contribution is 2.34. The zero-order valence-corrected chi connectivity index (χ0v) is 11.3. The van der Waals surface area contributed by atoms with E-state index in [9.17, 15) is 5.11 Å². The van der Waals surface area contributed by atoms with E-state index in [4.69, 9.17) is 20.2 Å². The van der Waals surface area contributed by atoms with Crippen LogP contribution in [0.1, 0.15) is 17.2 Å². The lowest BCUT2D eigenvalue weighted by Crippen LogP contribution is -2.12. The van der Waals surface area contributed by atoms with E-state index in [1.54, 1.807) is 38.5 Å². The van der Waals surface area contributed by atoms with Crippen molar-refractivity contribution in [1.29, 1.82) is 0 Å². The zero-order valence-electron chi connectivity index (χ0n) is 11.3. The lowest BCUT2D eigenvalue weighted by molar-refractivity contribution is 0.0794. The Morgan fingerprint density at radius 2 is 1.70 bits per heavy atom. The fourth-order valence-electron chi connectivity index (χ4n) is 2.01. The van der Waals surface area contributed by atoms with Crippen LogP contribution in [0.3, 0.4) is 0 Å². The number of hydrogen-bond donors (Lipinski definition) is 1. The summed E-state index contributed by atoms with van der Waals surface area (Å²) in [5, 5.41) is 11.2. The standard InChI is InChI=1S/C15H16NO4/c1-18-12-7-8-13(14(9-12)19-2)15(20-16)10-3-5-11(17)6-4-10/h3-9,15H,16H2,1-2H3. The van der Waals surface area contributed by atoms with Crippen LogP contribution in [-0.2, 0) is 9.94 Å². The van der Waals surface area contributed by atoms with Crippen LogP contribution in [0.5, 0.6) is 17.2 Å². The molecule has 1 atom stereocenters. The molecule has 0 aliphatic heterocycles. The number of ether oxygens (including phenoxy) is 2. The molecule has 0 saturated carbocycles. The molecule has 0 bridgehead atoms. The van der Waals surface area contributed by atoms with Crippen molar-refractivity contribution in [2.75, 3.05) is 14.2 Å². The predicted octanol–water partition coefficient (Wildman–Crippen LogP) is 2.83. The van der Waals surface area contributed by atoms with E-state index in [1.807, 2.05) is 6.07 Å². The van der Waals surface area contributed by atoms with Gasteiger partial charge in [-0.15, -0.1) is 0 Å². The summed E-state index contributed by atoms with van der Waals surface area (Å²) in [6.07, 6.45) is -0.517. The highest BCUT2D eigenvalue weighted by Gasteiger charge is 2.19. The second kappa shape index (κ2) is 6.27. The van der Waals surface area contributed by atoms with E-state index in [-0.39, 0.29) is 5.75 Å². The van der Waals surface area contributed by atoms with Gasteiger partial charge in [0.15, 0.2) is 5.75 Å². The maximum Gasteiger partial charge on any atom is 0.178 e. The third-order valence-corrected chi connectivity index (χ3v) is 3.04. The fraction of sp³-hybridized carbons (Fsp3) is 0.200. The normalized spacial score (nSPS) is 11.9. The molecular weight excluding hydrogens is 258 g/mol. The van der Waals surface area contributed by atoms with Gasteiger partial charge >= 0.3 is 0 Å². The molecule has 5 heteroatoms. The second-order valence-electron chi connectivity index (χ2n) is 4.19. The van der Waals surface area contributed by atoms with Gasteiger partial charge in [0.1, 0.15) is 17.6 Å². The molecule has 105 valence electrons. The molecule has 2 rings (SSSR count). The van der Waals surface area contributed by atoms with Gasteiger partial charge in [-0.1, -0.05) is 12.1 Å². The minimum atomic E-state index is -0.517. The Morgan fingerprint density at radius 3 is 2.25 bits per heavy atom. The molecule has 0 heterocycles. The second-order valence-corrected chi connectivity index (χ2v) is 4.19. The van der Waals surface area contributed by atoms with Crippen molar-refractivity contribution in [2.45, 2.75) is 6.10 Å². The highest BCUT2D eigenvalue weighted by molar-refractivity contribution is 5.45. The first-order chi connectivity index (χ1) is 9.69. The van der Waals surface area contributed by atoms with Crippen LogP contribution < -0.4 is 15.4 Å². The molecule has 2 N–H and O–H groups in total. The molecule has 1 radical (unpaired) electrons. The third-order valence-electron chi connectivity index (χ3n) is 3.04. The van der Waals surface area contributed by atoms with Gasteiger partial charge in [-0.25, -0.2) is 5.90 Å². The van der Waals surface area contributed by atoms with Gasteiger partial charge in [-0.05, 0) is 29.8 Å². The van der Waals surface area contributed by atoms with Crippen molar-refractivity contribution in [3.63, 3.8) is 0 Å². The van der Waals surface area contributed by atoms with Crippen LogP contribution in [0.4, 0.5) is 0 Å². The fourth-order valence-corrected chi connectivity index (χ4v) is 2.01. The summed E-state index contributed by atoms with van der Waals surface area (Å²) in [6, 6.07) is 11.7. The van der Waals surface area contributed by atoms with Crippen LogP contribution in [0.25, 0.3) is 0 Å². The monoisotopic (exact) mass is 274 g/mol. The third kappa shape index (κ3) is 2.84. The first kappa shape index (κ1) is 14.2. The van der Waals surface area contributed by atoms with E-state index in [0.717, 1.165) is 11.1 Å². The Labute approximate surface area is 117 Å². The molecular formula is C15H16NO4. The van der Waals surface area contributed by atoms with Crippen LogP contribution in [0.2, 0.25) is 0 Å². The summed E-state index contributed by atoms with van der Waals surface area (Å²) in [4.78, 5) is 5.06. The first-order valence-corrected chi connectivity index (χ1v) is 6.04. The number of nitrogens with two attached hydrogens (primary N) is 1. The van der Waals surface area contributed by atoms with Crippen molar-refractivity contribution in [1.82, 2.24) is 0 Å². The van der Waals surface area contributed by atoms with Gasteiger partial charge in [0, 0.05) is 11.6 Å². The number of methoxy groups -OCH3 is 2. The van der Waals surface area contributed by atoms with Crippen molar-refractivity contribution in [2.24, 2.45) is 5.90 Å². The number of rotatable bonds is 5. The minimum Gasteiger partial charge on any atom is -0.497 e. The smallest absolute Gasteiger partial charge is 0.178 e. The largest absolute Gasteiger partial charge is 0.497 e. The Bertz CT molecular complexity index is 569. The Balaban J connectivity index is 2.43. The van der Waals surface area contributed by atoms with E-state index < -0.39 is 6.10 Å². The topological polar surface area (TPSA) is 73.6 Å². The van der Waals surface area contributed by atoms with Gasteiger partial charge in [-0.3, -0.25) is 9.94 Å². The number of hydrogen-bond acceptors (Lipinski definition) is 4. The first-order valence-electron chi connectivity index (χ1n) is 6.04. The van der Waals surface area contributed by atoms with E-state index in [1.165, 1.54) is 12.1 Å². The van der Waals surface area contributed by atoms with Gasteiger partial charge in [-0.2, -0.15) is 0 Å². The predicted molar refractivity (Wildman–Crippen MR) is 73.2 cm³/mol. The molecule has 0 amide bonds. The maximum absolute atomic E-state index is 11.2. The summed E-state index contributed by atoms with van der Waals surface area (Å²) in [5.74, 6) is 6.62. The summed E-state index contributed by atoms with van der Waals surface area (Å²) in [6.45, 7) is 0. The van der Waals surface area contributed by atoms with Crippen molar-refractivity contribution < 1.29 is 19.4 Å². The molecule has 2 aromatic carbocycles. The molecule has 0 spiro atoms. The molecule has 0 aliphatic rings. The summed E-state index contributed by atoms with van der Waals surface area (Å²) < 4.78 is 10.5. The molecule has 5 nitrogen and oxygen atoms in total. The lowest BCUT2D eigenvalue weighted by atomic mass is 10.0. The molecule has 0 aromatic heterocycles. The van der Waals surface area contributed by atoms with E-state index in [2.05, 4.69) is 0 Å². The van der Waals surface area contributed by atoms with Crippen molar-refractivity contribution in [3.05, 3.63) is 53.6 Å². The van der Waals surface area contributed by atoms with E-state index >= 15 is 0 Å². The molecule has 0 saturated heterocycles. The lowest BCUT2D eigenvalue weighted by Gasteiger charge is -2.18. The zero-order chi connectivity index (χ0) is 14.5. The van der Waals surface area contributed by atoms with Crippen molar-refractivity contribution >= 4 is 0 Å². The quantitative estimate of drug-likeness (QED) is 0.851. The van der Waals surface area contributed by atoms with Crippen molar-refractivity contribution in [3.8, 4) is 17.2 Å². The minimum absolute atomic E-state index is 0.0637. The van der Waals surface area contributed by atoms with Crippen LogP contribution >= 0.6 is 0 Å². The van der Waals surface area contributed by atoms with Gasteiger partial charge in [0.2, 0.25) is 0 Å². The van der Waals surface area contributed by atoms with Crippen LogP contribution in [-0.4, -0.2) is 14.2 Å². The van der Waals surface area contributed by atoms with Crippen LogP contribution in [0.15, 0.2) is 42.5 Å². The SMILES string of the molecule is COc1ccc(C(ON)c2ccc([O])cc2)c(OC)c1. The Kier molecular flexibility index (Phi) is 4.45. The average Bonchev–Trinajstić information content (AvgIpc) is 2.50. The average molecular weight is 274 g/mol. The Morgan fingerprint density at radius 1 is 1.00 bits per heavy atom. The van der Waals surface area contributed by atoms with Gasteiger partial charge in [0.05, 0.1) is 14.2 Å². The number of benzene rings is 2. The Hall–Kier alpha value is -2.24. The molecule has 0 fully saturated rings. The maximum atomic E-state index is 11.2. The van der Waals surface area contributed by atoms with E-state index in [0.29, 0.717) is 11.5 Å².